The van der Waals surface area contributed by atoms with Gasteiger partial charge in [-0.3, -0.25) is 9.69 Å². The van der Waals surface area contributed by atoms with E-state index in [1.54, 1.807) is 6.07 Å². The van der Waals surface area contributed by atoms with E-state index in [9.17, 15) is 9.90 Å². The molecule has 1 aromatic carbocycles. The first kappa shape index (κ1) is 16.3. The van der Waals surface area contributed by atoms with Crippen molar-refractivity contribution in [3.05, 3.63) is 33.8 Å². The highest BCUT2D eigenvalue weighted by Gasteiger charge is 2.52. The Bertz CT molecular complexity index is 592. The molecule has 2 saturated heterocycles. The number of halogens is 2. The fourth-order valence-electron chi connectivity index (χ4n) is 4.27. The molecule has 0 amide bonds. The summed E-state index contributed by atoms with van der Waals surface area (Å²) in [6.45, 7) is 1.89. The van der Waals surface area contributed by atoms with Crippen LogP contribution in [0.2, 0.25) is 10.0 Å². The second kappa shape index (κ2) is 6.12. The van der Waals surface area contributed by atoms with Gasteiger partial charge in [0.2, 0.25) is 0 Å². The van der Waals surface area contributed by atoms with Crippen molar-refractivity contribution in [3.63, 3.8) is 0 Å². The van der Waals surface area contributed by atoms with E-state index >= 15 is 0 Å². The number of carbonyl (C=O) groups is 1. The predicted molar refractivity (Wildman–Crippen MR) is 88.6 cm³/mol. The van der Waals surface area contributed by atoms with Gasteiger partial charge in [0.1, 0.15) is 5.78 Å². The second-order valence-electron chi connectivity index (χ2n) is 6.47. The van der Waals surface area contributed by atoms with Crippen LogP contribution in [-0.4, -0.2) is 41.0 Å². The summed E-state index contributed by atoms with van der Waals surface area (Å²) < 4.78 is 0. The SMILES string of the molecule is CCC(=O)C1C(c2ccc(Cl)c(Cl)c2)CC2CC(O)C1N2C. The number of nitrogens with zero attached hydrogens (tertiary/aromatic N) is 1. The molecule has 0 saturated carbocycles. The third kappa shape index (κ3) is 2.58. The summed E-state index contributed by atoms with van der Waals surface area (Å²) in [6.07, 6.45) is 1.68. The lowest BCUT2D eigenvalue weighted by Gasteiger charge is -2.43. The second-order valence-corrected chi connectivity index (χ2v) is 7.29. The van der Waals surface area contributed by atoms with Crippen molar-refractivity contribution in [2.75, 3.05) is 7.05 Å². The number of rotatable bonds is 3. The Balaban J connectivity index is 2.01. The molecule has 3 nitrogen and oxygen atoms in total. The minimum atomic E-state index is -0.428. The quantitative estimate of drug-likeness (QED) is 0.914. The van der Waals surface area contributed by atoms with E-state index in [1.807, 2.05) is 26.1 Å². The first-order valence-electron chi connectivity index (χ1n) is 7.81. The summed E-state index contributed by atoms with van der Waals surface area (Å²) in [5.74, 6) is 0.138. The summed E-state index contributed by atoms with van der Waals surface area (Å²) in [6, 6.07) is 5.86. The molecular formula is C17H21Cl2NO2. The minimum absolute atomic E-state index is 0.0920. The zero-order chi connectivity index (χ0) is 16.0. The molecule has 3 rings (SSSR count). The van der Waals surface area contributed by atoms with Crippen molar-refractivity contribution in [1.29, 1.82) is 0 Å². The molecule has 0 aromatic heterocycles. The fourth-order valence-corrected chi connectivity index (χ4v) is 4.58. The van der Waals surface area contributed by atoms with Gasteiger partial charge in [0, 0.05) is 24.4 Å². The Hall–Kier alpha value is -0.610. The molecule has 22 heavy (non-hydrogen) atoms. The number of likely N-dealkylation sites (N-methyl/N-ethyl adjacent to an activating group) is 1. The smallest absolute Gasteiger partial charge is 0.137 e. The maximum Gasteiger partial charge on any atom is 0.137 e. The van der Waals surface area contributed by atoms with Crippen LogP contribution in [0.15, 0.2) is 18.2 Å². The van der Waals surface area contributed by atoms with E-state index < -0.39 is 6.10 Å². The van der Waals surface area contributed by atoms with Crippen molar-refractivity contribution in [2.45, 2.75) is 50.3 Å². The molecule has 0 spiro atoms. The zero-order valence-electron chi connectivity index (χ0n) is 12.8. The highest BCUT2D eigenvalue weighted by atomic mass is 35.5. The maximum absolute atomic E-state index is 12.6. The molecular weight excluding hydrogens is 321 g/mol. The summed E-state index contributed by atoms with van der Waals surface area (Å²) in [4.78, 5) is 14.8. The predicted octanol–water partition coefficient (Wildman–Crippen LogP) is 3.51. The Morgan fingerprint density at radius 3 is 2.68 bits per heavy atom. The van der Waals surface area contributed by atoms with Gasteiger partial charge in [0.15, 0.2) is 0 Å². The molecule has 1 N–H and O–H groups in total. The molecule has 0 radical (unpaired) electrons. The van der Waals surface area contributed by atoms with Gasteiger partial charge < -0.3 is 5.11 Å². The van der Waals surface area contributed by atoms with E-state index in [0.29, 0.717) is 22.5 Å². The van der Waals surface area contributed by atoms with Crippen LogP contribution in [0.25, 0.3) is 0 Å². The van der Waals surface area contributed by atoms with Crippen LogP contribution in [0.1, 0.15) is 37.7 Å². The Morgan fingerprint density at radius 2 is 2.05 bits per heavy atom. The third-order valence-electron chi connectivity index (χ3n) is 5.37. The van der Waals surface area contributed by atoms with Crippen molar-refractivity contribution >= 4 is 29.0 Å². The molecule has 2 fully saturated rings. The van der Waals surface area contributed by atoms with E-state index in [2.05, 4.69) is 4.90 Å². The average Bonchev–Trinajstić information content (AvgIpc) is 2.68. The minimum Gasteiger partial charge on any atom is -0.391 e. The number of ketones is 1. The number of hydrogen-bond donors (Lipinski definition) is 1. The highest BCUT2D eigenvalue weighted by molar-refractivity contribution is 6.42. The van der Waals surface area contributed by atoms with Crippen LogP contribution in [-0.2, 0) is 4.79 Å². The van der Waals surface area contributed by atoms with Gasteiger partial charge in [-0.2, -0.15) is 0 Å². The molecule has 5 unspecified atom stereocenters. The van der Waals surface area contributed by atoms with Crippen LogP contribution in [0.3, 0.4) is 0 Å². The Kier molecular flexibility index (Phi) is 4.52. The van der Waals surface area contributed by atoms with Crippen LogP contribution in [0, 0.1) is 5.92 Å². The van der Waals surface area contributed by atoms with Gasteiger partial charge in [-0.05, 0) is 43.5 Å². The molecule has 2 aliphatic heterocycles. The highest BCUT2D eigenvalue weighted by Crippen LogP contribution is 2.47. The standard InChI is InChI=1S/C17H21Cl2NO2/c1-3-14(21)16-11(9-4-5-12(18)13(19)6-9)7-10-8-15(22)17(16)20(10)2/h4-6,10-11,15-17,22H,3,7-8H2,1-2H3. The zero-order valence-corrected chi connectivity index (χ0v) is 14.3. The first-order valence-corrected chi connectivity index (χ1v) is 8.57. The van der Waals surface area contributed by atoms with Crippen molar-refractivity contribution in [1.82, 2.24) is 4.90 Å². The number of piperidine rings is 1. The van der Waals surface area contributed by atoms with E-state index in [-0.39, 0.29) is 23.7 Å². The largest absolute Gasteiger partial charge is 0.391 e. The molecule has 2 aliphatic rings. The molecule has 0 aliphatic carbocycles. The number of aliphatic hydroxyl groups excluding tert-OH is 1. The lowest BCUT2D eigenvalue weighted by molar-refractivity contribution is -0.128. The monoisotopic (exact) mass is 341 g/mol. The molecule has 5 heteroatoms. The summed E-state index contributed by atoms with van der Waals surface area (Å²) in [5.41, 5.74) is 1.05. The number of aliphatic hydroxyl groups is 1. The normalized spacial score (nSPS) is 34.9. The van der Waals surface area contributed by atoms with Crippen LogP contribution in [0.4, 0.5) is 0 Å². The molecule has 2 heterocycles. The molecule has 2 bridgehead atoms. The average molecular weight is 342 g/mol. The fraction of sp³-hybridized carbons (Fsp3) is 0.588. The van der Waals surface area contributed by atoms with Crippen molar-refractivity contribution in [3.8, 4) is 0 Å². The number of carbonyl (C=O) groups excluding carboxylic acids is 1. The third-order valence-corrected chi connectivity index (χ3v) is 6.11. The molecule has 1 aromatic rings. The number of Topliss-reactive ketones (excluding diaryl/α,β-unsaturated/α-hetero) is 1. The maximum atomic E-state index is 12.6. The first-order chi connectivity index (χ1) is 10.4. The van der Waals surface area contributed by atoms with Gasteiger partial charge in [-0.15, -0.1) is 0 Å². The van der Waals surface area contributed by atoms with Crippen LogP contribution in [0.5, 0.6) is 0 Å². The lowest BCUT2D eigenvalue weighted by Crippen LogP contribution is -2.51. The van der Waals surface area contributed by atoms with Gasteiger partial charge in [-0.1, -0.05) is 36.2 Å². The Labute approximate surface area is 141 Å². The summed E-state index contributed by atoms with van der Waals surface area (Å²) in [7, 11) is 2.02. The lowest BCUT2D eigenvalue weighted by atomic mass is 9.73. The summed E-state index contributed by atoms with van der Waals surface area (Å²) in [5, 5.41) is 11.5. The summed E-state index contributed by atoms with van der Waals surface area (Å²) >= 11 is 12.2. The number of benzene rings is 1. The van der Waals surface area contributed by atoms with Gasteiger partial charge in [0.05, 0.1) is 16.1 Å². The molecule has 5 atom stereocenters. The Morgan fingerprint density at radius 1 is 1.32 bits per heavy atom. The topological polar surface area (TPSA) is 40.5 Å². The van der Waals surface area contributed by atoms with Crippen LogP contribution < -0.4 is 0 Å². The van der Waals surface area contributed by atoms with Gasteiger partial charge in [-0.25, -0.2) is 0 Å². The van der Waals surface area contributed by atoms with E-state index in [0.717, 1.165) is 18.4 Å². The number of fused-ring (bicyclic) bond motifs is 2. The van der Waals surface area contributed by atoms with Gasteiger partial charge >= 0.3 is 0 Å². The van der Waals surface area contributed by atoms with E-state index in [1.165, 1.54) is 0 Å². The van der Waals surface area contributed by atoms with Crippen molar-refractivity contribution in [2.24, 2.45) is 5.92 Å². The molecule has 120 valence electrons. The van der Waals surface area contributed by atoms with Crippen molar-refractivity contribution < 1.29 is 9.90 Å². The van der Waals surface area contributed by atoms with Crippen LogP contribution >= 0.6 is 23.2 Å². The number of hydrogen-bond acceptors (Lipinski definition) is 3. The van der Waals surface area contributed by atoms with E-state index in [4.69, 9.17) is 23.2 Å². The van der Waals surface area contributed by atoms with Gasteiger partial charge in [0.25, 0.3) is 0 Å².